The Hall–Kier alpha value is -3.51. The quantitative estimate of drug-likeness (QED) is 0.459. The fourth-order valence-corrected chi connectivity index (χ4v) is 3.00. The number of aryl methyl sites for hydroxylation is 2. The zero-order chi connectivity index (χ0) is 25.0. The molecule has 0 bridgehead atoms. The number of nitrogens with zero attached hydrogens (tertiary/aromatic N) is 6. The first-order chi connectivity index (χ1) is 15.6. The van der Waals surface area contributed by atoms with Crippen molar-refractivity contribution in [3.05, 3.63) is 76.6 Å². The van der Waals surface area contributed by atoms with Gasteiger partial charge in [-0.3, -0.25) is 14.6 Å². The Morgan fingerprint density at radius 3 is 1.94 bits per heavy atom. The second-order valence-corrected chi connectivity index (χ2v) is 8.73. The normalized spacial score (nSPS) is 10.1. The van der Waals surface area contributed by atoms with Crippen molar-refractivity contribution in [3.8, 4) is 12.1 Å². The Morgan fingerprint density at radius 1 is 0.879 bits per heavy atom. The SMILES string of the molecule is CC(C)c1ccncc1C#N.CCn1cc(C(C)C)c(C#N)n1.Cc1cncc(C(C)C)c1. The zero-order valence-electron chi connectivity index (χ0n) is 21.2. The monoisotopic (exact) mass is 444 g/mol. The van der Waals surface area contributed by atoms with E-state index in [1.54, 1.807) is 17.1 Å². The van der Waals surface area contributed by atoms with Crippen LogP contribution in [0.5, 0.6) is 0 Å². The van der Waals surface area contributed by atoms with Gasteiger partial charge in [0.05, 0.1) is 5.56 Å². The molecule has 0 unspecified atom stereocenters. The zero-order valence-corrected chi connectivity index (χ0v) is 21.2. The van der Waals surface area contributed by atoms with Crippen molar-refractivity contribution in [2.24, 2.45) is 0 Å². The van der Waals surface area contributed by atoms with E-state index in [9.17, 15) is 0 Å². The molecule has 0 amide bonds. The molecule has 0 saturated carbocycles. The highest BCUT2D eigenvalue weighted by atomic mass is 15.3. The number of rotatable bonds is 4. The van der Waals surface area contributed by atoms with E-state index in [0.29, 0.717) is 29.0 Å². The van der Waals surface area contributed by atoms with E-state index in [4.69, 9.17) is 10.5 Å². The highest BCUT2D eigenvalue weighted by Gasteiger charge is 2.10. The Labute approximate surface area is 198 Å². The molecule has 6 heteroatoms. The van der Waals surface area contributed by atoms with Crippen LogP contribution < -0.4 is 0 Å². The number of hydrogen-bond donors (Lipinski definition) is 0. The third-order valence-electron chi connectivity index (χ3n) is 5.00. The maximum atomic E-state index is 8.75. The van der Waals surface area contributed by atoms with Crippen LogP contribution in [0.1, 0.15) is 99.7 Å². The first-order valence-electron chi connectivity index (χ1n) is 11.4. The molecule has 6 nitrogen and oxygen atoms in total. The minimum atomic E-state index is 0.375. The average Bonchev–Trinajstić information content (AvgIpc) is 3.24. The molecule has 0 fully saturated rings. The van der Waals surface area contributed by atoms with E-state index in [0.717, 1.165) is 17.7 Å². The third-order valence-corrected chi connectivity index (χ3v) is 5.00. The number of aromatic nitrogens is 4. The minimum Gasteiger partial charge on any atom is -0.271 e. The van der Waals surface area contributed by atoms with Crippen LogP contribution in [0.3, 0.4) is 0 Å². The summed E-state index contributed by atoms with van der Waals surface area (Å²) in [5.41, 5.74) is 5.92. The van der Waals surface area contributed by atoms with Crippen molar-refractivity contribution < 1.29 is 0 Å². The van der Waals surface area contributed by atoms with Crippen molar-refractivity contribution in [2.75, 3.05) is 0 Å². The lowest BCUT2D eigenvalue weighted by Gasteiger charge is -2.04. The van der Waals surface area contributed by atoms with Crippen molar-refractivity contribution in [1.82, 2.24) is 19.7 Å². The van der Waals surface area contributed by atoms with E-state index in [-0.39, 0.29) is 0 Å². The lowest BCUT2D eigenvalue weighted by molar-refractivity contribution is 0.656. The summed E-state index contributed by atoms with van der Waals surface area (Å²) < 4.78 is 1.80. The van der Waals surface area contributed by atoms with Crippen LogP contribution in [0.4, 0.5) is 0 Å². The fraction of sp³-hybridized carbons (Fsp3) is 0.444. The third kappa shape index (κ3) is 8.86. The predicted molar refractivity (Wildman–Crippen MR) is 133 cm³/mol. The average molecular weight is 445 g/mol. The number of hydrogen-bond acceptors (Lipinski definition) is 5. The second kappa shape index (κ2) is 13.8. The summed E-state index contributed by atoms with van der Waals surface area (Å²) in [6.07, 6.45) is 9.08. The molecule has 3 aromatic rings. The molecular formula is C27H36N6. The molecule has 0 spiro atoms. The van der Waals surface area contributed by atoms with E-state index >= 15 is 0 Å². The van der Waals surface area contributed by atoms with Gasteiger partial charge in [-0.25, -0.2) is 0 Å². The highest BCUT2D eigenvalue weighted by Crippen LogP contribution is 2.18. The number of nitriles is 2. The smallest absolute Gasteiger partial charge is 0.165 e. The molecule has 33 heavy (non-hydrogen) atoms. The van der Waals surface area contributed by atoms with Gasteiger partial charge in [0.15, 0.2) is 5.69 Å². The van der Waals surface area contributed by atoms with Crippen molar-refractivity contribution in [2.45, 2.75) is 79.7 Å². The molecule has 0 aromatic carbocycles. The van der Waals surface area contributed by atoms with Crippen LogP contribution in [0.25, 0.3) is 0 Å². The van der Waals surface area contributed by atoms with Gasteiger partial charge in [0.1, 0.15) is 12.1 Å². The van der Waals surface area contributed by atoms with Crippen LogP contribution in [-0.4, -0.2) is 19.7 Å². The summed E-state index contributed by atoms with van der Waals surface area (Å²) in [7, 11) is 0. The van der Waals surface area contributed by atoms with Gasteiger partial charge in [-0.2, -0.15) is 15.6 Å². The maximum absolute atomic E-state index is 8.75. The van der Waals surface area contributed by atoms with Crippen LogP contribution >= 0.6 is 0 Å². The molecule has 0 N–H and O–H groups in total. The summed E-state index contributed by atoms with van der Waals surface area (Å²) in [5.74, 6) is 1.36. The molecule has 3 aromatic heterocycles. The van der Waals surface area contributed by atoms with Crippen LogP contribution in [-0.2, 0) is 6.54 Å². The maximum Gasteiger partial charge on any atom is 0.165 e. The fourth-order valence-electron chi connectivity index (χ4n) is 3.00. The van der Waals surface area contributed by atoms with Gasteiger partial charge in [-0.1, -0.05) is 47.6 Å². The first kappa shape index (κ1) is 27.5. The molecule has 3 heterocycles. The summed E-state index contributed by atoms with van der Waals surface area (Å²) in [5, 5.41) is 21.6. The Balaban J connectivity index is 0.000000249. The Kier molecular flexibility index (Phi) is 11.5. The molecule has 0 aliphatic heterocycles. The first-order valence-corrected chi connectivity index (χ1v) is 11.4. The van der Waals surface area contributed by atoms with Gasteiger partial charge in [-0.15, -0.1) is 0 Å². The lowest BCUT2D eigenvalue weighted by atomic mass is 10.0. The summed E-state index contributed by atoms with van der Waals surface area (Å²) in [6, 6.07) is 8.28. The number of pyridine rings is 2. The lowest BCUT2D eigenvalue weighted by Crippen LogP contribution is -1.93. The van der Waals surface area contributed by atoms with E-state index < -0.39 is 0 Å². The van der Waals surface area contributed by atoms with E-state index in [1.807, 2.05) is 31.6 Å². The van der Waals surface area contributed by atoms with Crippen LogP contribution in [0.15, 0.2) is 43.1 Å². The summed E-state index contributed by atoms with van der Waals surface area (Å²) >= 11 is 0. The molecule has 0 aliphatic rings. The van der Waals surface area contributed by atoms with Crippen molar-refractivity contribution >= 4 is 0 Å². The van der Waals surface area contributed by atoms with Crippen molar-refractivity contribution in [3.63, 3.8) is 0 Å². The molecule has 0 aliphatic carbocycles. The van der Waals surface area contributed by atoms with Crippen LogP contribution in [0.2, 0.25) is 0 Å². The molecule has 0 saturated heterocycles. The van der Waals surface area contributed by atoms with Gasteiger partial charge in [-0.05, 0) is 54.4 Å². The van der Waals surface area contributed by atoms with Gasteiger partial charge >= 0.3 is 0 Å². The van der Waals surface area contributed by atoms with Crippen LogP contribution in [0, 0.1) is 29.6 Å². The topological polar surface area (TPSA) is 91.2 Å². The Morgan fingerprint density at radius 2 is 1.55 bits per heavy atom. The van der Waals surface area contributed by atoms with Gasteiger partial charge in [0, 0.05) is 43.1 Å². The minimum absolute atomic E-state index is 0.375. The van der Waals surface area contributed by atoms with Gasteiger partial charge in [0.25, 0.3) is 0 Å². The summed E-state index contributed by atoms with van der Waals surface area (Å²) in [6.45, 7) is 17.5. The molecular weight excluding hydrogens is 408 g/mol. The molecule has 3 rings (SSSR count). The van der Waals surface area contributed by atoms with Gasteiger partial charge < -0.3 is 0 Å². The standard InChI is InChI=1S/C9H13N3.C9H10N2.C9H13N/c1-4-12-6-8(7(2)3)9(5-10)11-12;1-7(2)9-3-4-11-6-8(9)5-10;1-7(2)9-4-8(3)5-10-6-9/h6-7H,4H2,1-3H3;3-4,6-7H,1-2H3;4-7H,1-3H3. The molecule has 174 valence electrons. The predicted octanol–water partition coefficient (Wildman–Crippen LogP) is 6.49. The molecule has 0 radical (unpaired) electrons. The van der Waals surface area contributed by atoms with E-state index in [1.165, 1.54) is 11.1 Å². The van der Waals surface area contributed by atoms with E-state index in [2.05, 4.69) is 81.7 Å². The second-order valence-electron chi connectivity index (χ2n) is 8.73. The largest absolute Gasteiger partial charge is 0.271 e. The highest BCUT2D eigenvalue weighted by molar-refractivity contribution is 5.36. The van der Waals surface area contributed by atoms with Crippen molar-refractivity contribution in [1.29, 1.82) is 10.5 Å². The van der Waals surface area contributed by atoms with Gasteiger partial charge in [0.2, 0.25) is 0 Å². The summed E-state index contributed by atoms with van der Waals surface area (Å²) in [4.78, 5) is 7.98. The molecule has 0 atom stereocenters. The Bertz CT molecular complexity index is 1080.